The molecule has 38 heavy (non-hydrogen) atoms. The number of para-hydroxylation sites is 1. The van der Waals surface area contributed by atoms with Gasteiger partial charge in [-0.05, 0) is 56.0 Å². The summed E-state index contributed by atoms with van der Waals surface area (Å²) >= 11 is 1.67. The van der Waals surface area contributed by atoms with Gasteiger partial charge in [-0.3, -0.25) is 10.3 Å². The minimum absolute atomic E-state index is 0.0355. The second-order valence-corrected chi connectivity index (χ2v) is 10.6. The molecular weight excluding hydrogens is 498 g/mol. The molecule has 0 aliphatic carbocycles. The van der Waals surface area contributed by atoms with E-state index in [0.29, 0.717) is 19.0 Å². The van der Waals surface area contributed by atoms with E-state index in [0.717, 1.165) is 57.3 Å². The molecule has 10 heteroatoms. The molecule has 2 aromatic carbocycles. The summed E-state index contributed by atoms with van der Waals surface area (Å²) in [6, 6.07) is 14.1. The quantitative estimate of drug-likeness (QED) is 0.362. The zero-order chi connectivity index (χ0) is 26.1. The van der Waals surface area contributed by atoms with Gasteiger partial charge in [0, 0.05) is 35.6 Å². The topological polar surface area (TPSA) is 97.2 Å². The molecular formula is C28H29N7O2S. The summed E-state index contributed by atoms with van der Waals surface area (Å²) in [6.45, 7) is 5.46. The van der Waals surface area contributed by atoms with Gasteiger partial charge in [0.25, 0.3) is 0 Å². The summed E-state index contributed by atoms with van der Waals surface area (Å²) in [7, 11) is 0. The second-order valence-electron chi connectivity index (χ2n) is 9.70. The number of aryl methyl sites for hydroxylation is 2. The Morgan fingerprint density at radius 1 is 1.16 bits per heavy atom. The number of thiazole rings is 1. The number of likely N-dealkylation sites (tertiary alicyclic amines) is 1. The smallest absolute Gasteiger partial charge is 0.321 e. The number of carbonyl (C=O) groups is 1. The molecule has 1 saturated heterocycles. The number of hydrogen-bond donors (Lipinski definition) is 2. The maximum absolute atomic E-state index is 12.9. The maximum Gasteiger partial charge on any atom is 0.321 e. The van der Waals surface area contributed by atoms with Crippen LogP contribution in [0.25, 0.3) is 11.4 Å². The van der Waals surface area contributed by atoms with Crippen LogP contribution in [0.4, 0.5) is 10.5 Å². The third-order valence-electron chi connectivity index (χ3n) is 7.09. The summed E-state index contributed by atoms with van der Waals surface area (Å²) in [5.74, 6) is 0.338. The predicted octanol–water partition coefficient (Wildman–Crippen LogP) is 5.37. The van der Waals surface area contributed by atoms with Gasteiger partial charge >= 0.3 is 6.03 Å². The average Bonchev–Trinajstić information content (AvgIpc) is 3.73. The van der Waals surface area contributed by atoms with Crippen LogP contribution >= 0.6 is 11.3 Å². The molecule has 6 rings (SSSR count). The standard InChI is InChI=1S/C28H29N7O2S/c1-18-7-8-19(2)22(13-18)32-28(36)34-11-9-20(10-12-34)27-31-24(15-38-27)23-14-26(37-33-23)21-5-3-4-6-25(21)35-17-29-16-30-35/h3-8,13-17,20,26,33H,9-12H2,1-2H3,(H,32,36). The van der Waals surface area contributed by atoms with Crippen LogP contribution in [0.3, 0.4) is 0 Å². The van der Waals surface area contributed by atoms with Crippen LogP contribution < -0.4 is 10.8 Å². The van der Waals surface area contributed by atoms with Crippen LogP contribution in [0.2, 0.25) is 0 Å². The van der Waals surface area contributed by atoms with Crippen molar-refractivity contribution in [2.45, 2.75) is 38.7 Å². The Balaban J connectivity index is 1.09. The first-order valence-corrected chi connectivity index (χ1v) is 13.6. The van der Waals surface area contributed by atoms with Gasteiger partial charge in [-0.2, -0.15) is 5.10 Å². The van der Waals surface area contributed by atoms with Crippen LogP contribution in [-0.2, 0) is 4.84 Å². The molecule has 2 N–H and O–H groups in total. The highest BCUT2D eigenvalue weighted by Gasteiger charge is 2.28. The maximum atomic E-state index is 12.9. The normalized spacial score (nSPS) is 17.8. The molecule has 2 amide bonds. The zero-order valence-corrected chi connectivity index (χ0v) is 22.1. The Morgan fingerprint density at radius 3 is 2.82 bits per heavy atom. The Labute approximate surface area is 225 Å². The molecule has 9 nitrogen and oxygen atoms in total. The summed E-state index contributed by atoms with van der Waals surface area (Å²) in [5.41, 5.74) is 9.78. The third-order valence-corrected chi connectivity index (χ3v) is 8.09. The van der Waals surface area contributed by atoms with Gasteiger partial charge in [0.15, 0.2) is 0 Å². The molecule has 0 spiro atoms. The molecule has 0 radical (unpaired) electrons. The van der Waals surface area contributed by atoms with E-state index >= 15 is 0 Å². The van der Waals surface area contributed by atoms with Gasteiger partial charge in [-0.25, -0.2) is 19.4 Å². The molecule has 194 valence electrons. The Hall–Kier alpha value is -4.02. The number of nitrogens with zero attached hydrogens (tertiary/aromatic N) is 5. The molecule has 1 unspecified atom stereocenters. The fourth-order valence-electron chi connectivity index (χ4n) is 4.90. The lowest BCUT2D eigenvalue weighted by Gasteiger charge is -2.31. The van der Waals surface area contributed by atoms with Crippen molar-refractivity contribution in [3.63, 3.8) is 0 Å². The van der Waals surface area contributed by atoms with E-state index in [1.165, 1.54) is 6.33 Å². The van der Waals surface area contributed by atoms with Gasteiger partial charge in [0.2, 0.25) is 0 Å². The predicted molar refractivity (Wildman–Crippen MR) is 147 cm³/mol. The fourth-order valence-corrected chi connectivity index (χ4v) is 5.89. The Kier molecular flexibility index (Phi) is 6.65. The van der Waals surface area contributed by atoms with Gasteiger partial charge < -0.3 is 10.2 Å². The average molecular weight is 528 g/mol. The number of amides is 2. The van der Waals surface area contributed by atoms with Gasteiger partial charge in [0.1, 0.15) is 18.8 Å². The number of aromatic nitrogens is 4. The number of hydroxylamine groups is 1. The number of nitrogens with one attached hydrogen (secondary N) is 2. The minimum atomic E-state index is -0.269. The van der Waals surface area contributed by atoms with Crippen LogP contribution in [0, 0.1) is 13.8 Å². The van der Waals surface area contributed by atoms with Gasteiger partial charge in [-0.15, -0.1) is 11.3 Å². The monoisotopic (exact) mass is 527 g/mol. The largest absolute Gasteiger partial charge is 0.324 e. The van der Waals surface area contributed by atoms with Crippen molar-refractivity contribution < 1.29 is 9.63 Å². The highest BCUT2D eigenvalue weighted by atomic mass is 32.1. The van der Waals surface area contributed by atoms with E-state index in [9.17, 15) is 4.79 Å². The van der Waals surface area contributed by atoms with Crippen LogP contribution in [0.5, 0.6) is 0 Å². The van der Waals surface area contributed by atoms with Crippen molar-refractivity contribution in [1.29, 1.82) is 0 Å². The lowest BCUT2D eigenvalue weighted by atomic mass is 9.98. The van der Waals surface area contributed by atoms with Crippen molar-refractivity contribution in [3.8, 4) is 5.69 Å². The summed E-state index contributed by atoms with van der Waals surface area (Å²) in [6.07, 6.45) is 6.76. The second kappa shape index (κ2) is 10.4. The number of benzene rings is 2. The number of urea groups is 1. The van der Waals surface area contributed by atoms with E-state index in [1.807, 2.05) is 55.1 Å². The van der Waals surface area contributed by atoms with E-state index in [2.05, 4.69) is 38.4 Å². The number of carbonyl (C=O) groups excluding carboxylic acids is 1. The van der Waals surface area contributed by atoms with Crippen molar-refractivity contribution in [2.24, 2.45) is 0 Å². The number of anilines is 1. The van der Waals surface area contributed by atoms with Crippen LogP contribution in [-0.4, -0.2) is 43.8 Å². The molecule has 1 atom stereocenters. The lowest BCUT2D eigenvalue weighted by molar-refractivity contribution is 0.0509. The molecule has 2 aromatic heterocycles. The molecule has 1 fully saturated rings. The highest BCUT2D eigenvalue weighted by molar-refractivity contribution is 7.09. The molecule has 0 bridgehead atoms. The zero-order valence-electron chi connectivity index (χ0n) is 21.3. The minimum Gasteiger partial charge on any atom is -0.324 e. The first-order valence-electron chi connectivity index (χ1n) is 12.7. The van der Waals surface area contributed by atoms with Crippen LogP contribution in [0.15, 0.2) is 66.6 Å². The van der Waals surface area contributed by atoms with E-state index < -0.39 is 0 Å². The van der Waals surface area contributed by atoms with Gasteiger partial charge in [0.05, 0.1) is 22.1 Å². The van der Waals surface area contributed by atoms with Crippen molar-refractivity contribution >= 4 is 28.8 Å². The van der Waals surface area contributed by atoms with Gasteiger partial charge in [-0.1, -0.05) is 30.3 Å². The van der Waals surface area contributed by atoms with Crippen LogP contribution in [0.1, 0.15) is 52.3 Å². The first-order chi connectivity index (χ1) is 18.5. The van der Waals surface area contributed by atoms with Crippen molar-refractivity contribution in [2.75, 3.05) is 18.4 Å². The Morgan fingerprint density at radius 2 is 2.00 bits per heavy atom. The number of piperidine rings is 1. The molecule has 4 aromatic rings. The summed E-state index contributed by atoms with van der Waals surface area (Å²) in [4.78, 5) is 29.7. The number of rotatable bonds is 5. The molecule has 4 heterocycles. The lowest BCUT2D eigenvalue weighted by Crippen LogP contribution is -2.40. The molecule has 2 aliphatic heterocycles. The first kappa shape index (κ1) is 24.3. The molecule has 0 saturated carbocycles. The SMILES string of the molecule is Cc1ccc(C)c(NC(=O)N2CCC(c3nc(C4=CC(c5ccccc5-n5cncn5)ON4)cs3)CC2)c1. The molecule has 2 aliphatic rings. The fraction of sp³-hybridized carbons (Fsp3) is 0.286. The van der Waals surface area contributed by atoms with Crippen molar-refractivity contribution in [1.82, 2.24) is 30.1 Å². The summed E-state index contributed by atoms with van der Waals surface area (Å²) in [5, 5.41) is 10.5. The third kappa shape index (κ3) is 4.92. The summed E-state index contributed by atoms with van der Waals surface area (Å²) < 4.78 is 1.74. The van der Waals surface area contributed by atoms with E-state index in [1.54, 1.807) is 22.3 Å². The Bertz CT molecular complexity index is 1470. The van der Waals surface area contributed by atoms with E-state index in [-0.39, 0.29) is 12.1 Å². The number of hydrogen-bond acceptors (Lipinski definition) is 7. The van der Waals surface area contributed by atoms with E-state index in [4.69, 9.17) is 9.82 Å². The highest BCUT2D eigenvalue weighted by Crippen LogP contribution is 2.35. The van der Waals surface area contributed by atoms with Crippen molar-refractivity contribution in [3.05, 3.63) is 94.0 Å².